The molecule has 486 valence electrons. The van der Waals surface area contributed by atoms with Gasteiger partial charge in [-0.1, -0.05) is 158 Å². The van der Waals surface area contributed by atoms with Gasteiger partial charge in [0, 0.05) is 80.4 Å². The number of imidazole rings is 3. The van der Waals surface area contributed by atoms with E-state index in [9.17, 15) is 0 Å². The van der Waals surface area contributed by atoms with Crippen molar-refractivity contribution in [2.24, 2.45) is 17.2 Å². The fraction of sp³-hybridized carbons (Fsp3) is 0.205. The van der Waals surface area contributed by atoms with Crippen molar-refractivity contribution in [1.29, 1.82) is 0 Å². The van der Waals surface area contributed by atoms with Crippen LogP contribution in [0.15, 0.2) is 255 Å². The second-order valence-electron chi connectivity index (χ2n) is 26.8. The standard InChI is InChI=1S/2C28H25N5.C27H29N5/c29-28(18-7-19-28)21-12-14-23(15-13-21)33-26(20-8-3-1-4-9-20)31-24-16-17-25(32-27(24)33)30-22-10-5-2-6-11-22;29-23-10-5-4-9-22(23)26-32-25-16-15-24(19-7-2-1-3-8-19)31-27(25)33(26)21-13-11-20(12-14-21)28(30)17-6-18-28;28-27(16-7-17-27)21-10-12-22(13-11-21)32-25(20-8-3-1-4-9-20)29-23-14-15-24(30-26(23)32)31-18-5-2-6-19-31/h1-6,8-17H,7,18-19,29H2,(H,30,32);1-5,7-16H,6,17-18,29-30H2;1,3-4,8-15H,2,5-7,16-19,28H2. The van der Waals surface area contributed by atoms with E-state index in [0.717, 1.165) is 165 Å². The Bertz CT molecular complexity index is 5110. The number of nitrogens with zero attached hydrogens (tertiary/aromatic N) is 10. The van der Waals surface area contributed by atoms with Crippen LogP contribution in [0, 0.1) is 0 Å². The minimum Gasteiger partial charge on any atom is -0.398 e. The van der Waals surface area contributed by atoms with Gasteiger partial charge in [-0.05, 0) is 191 Å². The first-order valence-electron chi connectivity index (χ1n) is 34.5. The van der Waals surface area contributed by atoms with E-state index >= 15 is 0 Å². The third kappa shape index (κ3) is 12.0. The predicted molar refractivity (Wildman–Crippen MR) is 398 cm³/mol. The van der Waals surface area contributed by atoms with Crippen molar-refractivity contribution in [3.05, 3.63) is 271 Å². The van der Waals surface area contributed by atoms with Gasteiger partial charge >= 0.3 is 0 Å². The van der Waals surface area contributed by atoms with Gasteiger partial charge < -0.3 is 33.2 Å². The maximum atomic E-state index is 6.57. The number of rotatable bonds is 13. The fourth-order valence-corrected chi connectivity index (χ4v) is 14.2. The smallest absolute Gasteiger partial charge is 0.167 e. The number of hydrogen-bond acceptors (Lipinski definition) is 12. The third-order valence-electron chi connectivity index (χ3n) is 20.4. The molecule has 0 unspecified atom stereocenters. The lowest BCUT2D eigenvalue weighted by Crippen LogP contribution is -2.43. The summed E-state index contributed by atoms with van der Waals surface area (Å²) in [6.07, 6.45) is 13.7. The summed E-state index contributed by atoms with van der Waals surface area (Å²) in [5.41, 5.74) is 44.0. The van der Waals surface area contributed by atoms with Gasteiger partial charge in [0.1, 0.15) is 45.7 Å². The van der Waals surface area contributed by atoms with Crippen molar-refractivity contribution in [2.75, 3.05) is 29.0 Å². The maximum Gasteiger partial charge on any atom is 0.167 e. The molecule has 3 aliphatic carbocycles. The van der Waals surface area contributed by atoms with Crippen molar-refractivity contribution in [2.45, 2.75) is 93.7 Å². The second-order valence-corrected chi connectivity index (χ2v) is 26.8. The highest BCUT2D eigenvalue weighted by Gasteiger charge is 2.36. The molecule has 15 nitrogen and oxygen atoms in total. The predicted octanol–water partition coefficient (Wildman–Crippen LogP) is 17.3. The molecule has 1 aliphatic heterocycles. The molecule has 0 spiro atoms. The quantitative estimate of drug-likeness (QED) is 0.0683. The van der Waals surface area contributed by atoms with Crippen molar-refractivity contribution in [1.82, 2.24) is 43.6 Å². The topological polar surface area (TPSA) is 211 Å². The number of fused-ring (bicyclic) bond motifs is 3. The molecule has 6 aromatic heterocycles. The highest BCUT2D eigenvalue weighted by molar-refractivity contribution is 5.87. The van der Waals surface area contributed by atoms with Crippen LogP contribution in [-0.2, 0) is 16.6 Å². The summed E-state index contributed by atoms with van der Waals surface area (Å²) in [5, 5.41) is 3.40. The van der Waals surface area contributed by atoms with Gasteiger partial charge in [0.05, 0.1) is 5.69 Å². The van der Waals surface area contributed by atoms with Crippen LogP contribution < -0.4 is 33.2 Å². The summed E-state index contributed by atoms with van der Waals surface area (Å²) in [6.45, 7) is 2.15. The lowest BCUT2D eigenvalue weighted by Gasteiger charge is -2.38. The summed E-state index contributed by atoms with van der Waals surface area (Å²) in [7, 11) is 0. The van der Waals surface area contributed by atoms with Crippen LogP contribution in [0.3, 0.4) is 0 Å². The molecular formula is C83H79N15. The van der Waals surface area contributed by atoms with E-state index in [1.807, 2.05) is 121 Å². The third-order valence-corrected chi connectivity index (χ3v) is 20.4. The van der Waals surface area contributed by atoms with E-state index in [2.05, 4.69) is 157 Å². The van der Waals surface area contributed by atoms with E-state index in [4.69, 9.17) is 52.8 Å². The normalized spacial score (nSPS) is 15.8. The van der Waals surface area contributed by atoms with E-state index in [-0.39, 0.29) is 16.6 Å². The summed E-state index contributed by atoms with van der Waals surface area (Å²) >= 11 is 0. The zero-order chi connectivity index (χ0) is 66.2. The number of nitrogen functional groups attached to an aromatic ring is 1. The zero-order valence-electron chi connectivity index (χ0n) is 54.9. The summed E-state index contributed by atoms with van der Waals surface area (Å²) in [5.74, 6) is 4.39. The van der Waals surface area contributed by atoms with Crippen LogP contribution in [-0.4, -0.2) is 56.7 Å². The van der Waals surface area contributed by atoms with Gasteiger partial charge in [-0.25, -0.2) is 29.9 Å². The van der Waals surface area contributed by atoms with Crippen LogP contribution in [0.5, 0.6) is 0 Å². The number of aromatic nitrogens is 9. The van der Waals surface area contributed by atoms with E-state index in [0.29, 0.717) is 5.69 Å². The van der Waals surface area contributed by atoms with E-state index in [1.165, 1.54) is 55.2 Å². The van der Waals surface area contributed by atoms with Crippen molar-refractivity contribution in [3.63, 3.8) is 0 Å². The van der Waals surface area contributed by atoms with Gasteiger partial charge in [-0.15, -0.1) is 0 Å². The number of hydrogen-bond donors (Lipinski definition) is 5. The molecule has 1 saturated heterocycles. The molecule has 14 aromatic rings. The Morgan fingerprint density at radius 1 is 0.327 bits per heavy atom. The molecule has 9 N–H and O–H groups in total. The summed E-state index contributed by atoms with van der Waals surface area (Å²) in [6, 6.07) is 86.8. The number of para-hydroxylation sites is 2. The van der Waals surface area contributed by atoms with Crippen LogP contribution in [0.2, 0.25) is 0 Å². The Hall–Kier alpha value is -11.1. The average Bonchev–Trinajstić information content (AvgIpc) is 1.53. The number of nitrogens with one attached hydrogen (secondary N) is 1. The molecule has 15 heteroatoms. The summed E-state index contributed by atoms with van der Waals surface area (Å²) in [4.78, 5) is 32.4. The van der Waals surface area contributed by atoms with Crippen LogP contribution in [0.1, 0.15) is 93.7 Å². The van der Waals surface area contributed by atoms with Crippen LogP contribution >= 0.6 is 0 Å². The molecule has 0 radical (unpaired) electrons. The Morgan fingerprint density at radius 3 is 1.19 bits per heavy atom. The van der Waals surface area contributed by atoms with Gasteiger partial charge in [0.15, 0.2) is 16.9 Å². The van der Waals surface area contributed by atoms with Crippen molar-refractivity contribution in [3.8, 4) is 62.5 Å². The number of pyridine rings is 3. The molecule has 8 aromatic carbocycles. The number of benzene rings is 8. The first kappa shape index (κ1) is 61.8. The average molecular weight is 1290 g/mol. The molecule has 4 fully saturated rings. The van der Waals surface area contributed by atoms with Gasteiger partial charge in [-0.3, -0.25) is 13.7 Å². The summed E-state index contributed by atoms with van der Waals surface area (Å²) < 4.78 is 6.43. The highest BCUT2D eigenvalue weighted by Crippen LogP contribution is 2.43. The van der Waals surface area contributed by atoms with Gasteiger partial charge in [0.25, 0.3) is 0 Å². The minimum absolute atomic E-state index is 0.155. The number of anilines is 4. The molecule has 7 heterocycles. The molecule has 4 aliphatic rings. The Balaban J connectivity index is 0.000000115. The molecule has 0 bridgehead atoms. The lowest BCUT2D eigenvalue weighted by atomic mass is 9.73. The van der Waals surface area contributed by atoms with Crippen molar-refractivity contribution < 1.29 is 0 Å². The van der Waals surface area contributed by atoms with E-state index in [1.54, 1.807) is 0 Å². The molecular weight excluding hydrogens is 1210 g/mol. The lowest BCUT2D eigenvalue weighted by molar-refractivity contribution is 0.253. The monoisotopic (exact) mass is 1290 g/mol. The largest absolute Gasteiger partial charge is 0.398 e. The van der Waals surface area contributed by atoms with Crippen LogP contribution in [0.25, 0.3) is 96.0 Å². The zero-order valence-corrected chi connectivity index (χ0v) is 54.9. The molecule has 18 rings (SSSR count). The second kappa shape index (κ2) is 26.1. The van der Waals surface area contributed by atoms with Crippen LogP contribution in [0.4, 0.5) is 23.0 Å². The molecule has 98 heavy (non-hydrogen) atoms. The fourth-order valence-electron chi connectivity index (χ4n) is 14.2. The minimum atomic E-state index is -0.193. The maximum absolute atomic E-state index is 6.57. The van der Waals surface area contributed by atoms with Crippen molar-refractivity contribution >= 4 is 56.5 Å². The SMILES string of the molecule is NC1(c2ccc(-n3c(-c4ccccc4)nc4ccc(N5CCCCC5)nc43)cc2)CCC1.NC1(c2ccc(-n3c(-c4ccccc4)nc4ccc(Nc5ccccc5)nc43)cc2)CCC1.Nc1ccccc1-c1nc2ccc(-c3ccccc3)nc2n1-c1ccc(C2(N)CCC2)cc1. The van der Waals surface area contributed by atoms with Gasteiger partial charge in [0.2, 0.25) is 0 Å². The highest BCUT2D eigenvalue weighted by atomic mass is 15.2. The molecule has 3 saturated carbocycles. The number of nitrogens with two attached hydrogens (primary N) is 4. The van der Waals surface area contributed by atoms with E-state index < -0.39 is 0 Å². The van der Waals surface area contributed by atoms with Gasteiger partial charge in [-0.2, -0.15) is 0 Å². The molecule has 0 amide bonds. The first-order chi connectivity index (χ1) is 48.0. The number of piperidine rings is 1. The Morgan fingerprint density at radius 2 is 0.724 bits per heavy atom. The molecule has 0 atom stereocenters. The first-order valence-corrected chi connectivity index (χ1v) is 34.5. The Labute approximate surface area is 570 Å². The Kier molecular flexibility index (Phi) is 16.5.